The lowest BCUT2D eigenvalue weighted by molar-refractivity contribution is 0.116. The molecule has 5 rings (SSSR count). The number of likely N-dealkylation sites (tertiary alicyclic amines) is 1. The van der Waals surface area contributed by atoms with E-state index in [9.17, 15) is 8.42 Å². The van der Waals surface area contributed by atoms with Crippen molar-refractivity contribution >= 4 is 50.7 Å². The largest absolute Gasteiger partial charge is 0.381 e. The SMILES string of the molecule is CS(=O)(=O)N(c1ccc2c(c1)C=CCN2)C1CN(C(c2ccc(Cl)cc2)c2ccc(Cl)cc2)C1. The summed E-state index contributed by atoms with van der Waals surface area (Å²) in [5.74, 6) is 0. The maximum absolute atomic E-state index is 12.9. The van der Waals surface area contributed by atoms with E-state index in [1.54, 1.807) is 4.31 Å². The van der Waals surface area contributed by atoms with Gasteiger partial charge in [-0.1, -0.05) is 59.6 Å². The van der Waals surface area contributed by atoms with Crippen molar-refractivity contribution in [2.24, 2.45) is 0 Å². The quantitative estimate of drug-likeness (QED) is 0.461. The highest BCUT2D eigenvalue weighted by molar-refractivity contribution is 7.92. The zero-order chi connectivity index (χ0) is 23.9. The molecule has 0 saturated carbocycles. The first-order valence-electron chi connectivity index (χ1n) is 11.1. The van der Waals surface area contributed by atoms with Crippen LogP contribution < -0.4 is 9.62 Å². The fraction of sp³-hybridized carbons (Fsp3) is 0.231. The standard InChI is InChI=1S/C26H25Cl2N3O2S/c1-34(32,33)31(23-12-13-25-20(15-23)3-2-14-29-25)24-16-30(17-24)26(18-4-8-21(27)9-5-18)19-6-10-22(28)11-7-19/h2-13,15,24,26,29H,14,16-17H2,1H3. The summed E-state index contributed by atoms with van der Waals surface area (Å²) >= 11 is 12.3. The highest BCUT2D eigenvalue weighted by Crippen LogP contribution is 2.37. The zero-order valence-electron chi connectivity index (χ0n) is 18.7. The maximum Gasteiger partial charge on any atom is 0.232 e. The number of hydrogen-bond donors (Lipinski definition) is 1. The summed E-state index contributed by atoms with van der Waals surface area (Å²) in [4.78, 5) is 2.29. The molecule has 3 aromatic carbocycles. The van der Waals surface area contributed by atoms with Crippen LogP contribution in [0.4, 0.5) is 11.4 Å². The Hall–Kier alpha value is -2.51. The lowest BCUT2D eigenvalue weighted by Gasteiger charge is -2.49. The third-order valence-electron chi connectivity index (χ3n) is 6.31. The molecule has 0 amide bonds. The summed E-state index contributed by atoms with van der Waals surface area (Å²) in [6.07, 6.45) is 5.34. The van der Waals surface area contributed by atoms with Crippen LogP contribution in [0.2, 0.25) is 10.0 Å². The Morgan fingerprint density at radius 1 is 0.941 bits per heavy atom. The molecule has 34 heavy (non-hydrogen) atoms. The molecule has 1 saturated heterocycles. The summed E-state index contributed by atoms with van der Waals surface area (Å²) in [6, 6.07) is 21.2. The van der Waals surface area contributed by atoms with Crippen LogP contribution in [0.3, 0.4) is 0 Å². The van der Waals surface area contributed by atoms with Gasteiger partial charge in [0.15, 0.2) is 0 Å². The number of rotatable bonds is 6. The fourth-order valence-corrected chi connectivity index (χ4v) is 6.19. The first kappa shape index (κ1) is 23.2. The van der Waals surface area contributed by atoms with E-state index in [1.807, 2.05) is 78.9 Å². The summed E-state index contributed by atoms with van der Waals surface area (Å²) in [5, 5.41) is 4.67. The Labute approximate surface area is 210 Å². The van der Waals surface area contributed by atoms with Gasteiger partial charge in [-0.25, -0.2) is 8.42 Å². The summed E-state index contributed by atoms with van der Waals surface area (Å²) in [7, 11) is -3.47. The molecule has 2 aliphatic heterocycles. The molecule has 5 nitrogen and oxygen atoms in total. The van der Waals surface area contributed by atoms with E-state index in [0.29, 0.717) is 28.8 Å². The van der Waals surface area contributed by atoms with Crippen LogP contribution in [0.25, 0.3) is 6.08 Å². The molecule has 2 heterocycles. The molecule has 0 unspecified atom stereocenters. The predicted molar refractivity (Wildman–Crippen MR) is 141 cm³/mol. The topological polar surface area (TPSA) is 52.7 Å². The van der Waals surface area contributed by atoms with Crippen LogP contribution in [0.1, 0.15) is 22.7 Å². The Kier molecular flexibility index (Phi) is 6.34. The van der Waals surface area contributed by atoms with Gasteiger partial charge in [-0.2, -0.15) is 0 Å². The molecule has 176 valence electrons. The van der Waals surface area contributed by atoms with E-state index < -0.39 is 10.0 Å². The number of nitrogens with one attached hydrogen (secondary N) is 1. The van der Waals surface area contributed by atoms with Crippen molar-refractivity contribution in [1.29, 1.82) is 0 Å². The van der Waals surface area contributed by atoms with E-state index in [-0.39, 0.29) is 12.1 Å². The van der Waals surface area contributed by atoms with Gasteiger partial charge in [0.05, 0.1) is 24.0 Å². The van der Waals surface area contributed by atoms with Gasteiger partial charge in [-0.15, -0.1) is 0 Å². The van der Waals surface area contributed by atoms with Crippen LogP contribution in [0, 0.1) is 0 Å². The Morgan fingerprint density at radius 2 is 1.53 bits per heavy atom. The summed E-state index contributed by atoms with van der Waals surface area (Å²) < 4.78 is 27.3. The van der Waals surface area contributed by atoms with Crippen LogP contribution in [-0.4, -0.2) is 45.2 Å². The molecule has 8 heteroatoms. The normalized spacial score (nSPS) is 16.1. The van der Waals surface area contributed by atoms with Crippen molar-refractivity contribution in [3.63, 3.8) is 0 Å². The maximum atomic E-state index is 12.9. The molecule has 0 atom stereocenters. The van der Waals surface area contributed by atoms with Gasteiger partial charge < -0.3 is 5.32 Å². The number of halogens is 2. The van der Waals surface area contributed by atoms with Crippen molar-refractivity contribution in [2.45, 2.75) is 12.1 Å². The molecule has 1 fully saturated rings. The van der Waals surface area contributed by atoms with Crippen LogP contribution in [0.5, 0.6) is 0 Å². The summed E-state index contributed by atoms with van der Waals surface area (Å²) in [5.41, 5.74) is 4.89. The van der Waals surface area contributed by atoms with Crippen LogP contribution in [0.15, 0.2) is 72.8 Å². The number of hydrogen-bond acceptors (Lipinski definition) is 4. The zero-order valence-corrected chi connectivity index (χ0v) is 21.0. The molecule has 0 radical (unpaired) electrons. The molecule has 0 spiro atoms. The number of fused-ring (bicyclic) bond motifs is 1. The van der Waals surface area contributed by atoms with Gasteiger partial charge in [0.1, 0.15) is 0 Å². The van der Waals surface area contributed by atoms with Crippen molar-refractivity contribution in [1.82, 2.24) is 4.90 Å². The molecule has 0 bridgehead atoms. The molecule has 0 aliphatic carbocycles. The third-order valence-corrected chi connectivity index (χ3v) is 8.04. The van der Waals surface area contributed by atoms with E-state index in [0.717, 1.165) is 28.9 Å². The average molecular weight is 514 g/mol. The Balaban J connectivity index is 1.44. The highest BCUT2D eigenvalue weighted by atomic mass is 35.5. The lowest BCUT2D eigenvalue weighted by Crippen LogP contribution is -2.61. The number of sulfonamides is 1. The van der Waals surface area contributed by atoms with E-state index in [1.165, 1.54) is 6.26 Å². The molecule has 2 aliphatic rings. The smallest absolute Gasteiger partial charge is 0.232 e. The lowest BCUT2D eigenvalue weighted by atomic mass is 9.93. The van der Waals surface area contributed by atoms with Gasteiger partial charge in [0, 0.05) is 35.4 Å². The highest BCUT2D eigenvalue weighted by Gasteiger charge is 2.40. The Bertz CT molecular complexity index is 1270. The van der Waals surface area contributed by atoms with Crippen LogP contribution in [-0.2, 0) is 10.0 Å². The van der Waals surface area contributed by atoms with Gasteiger partial charge in [-0.3, -0.25) is 9.21 Å². The van der Waals surface area contributed by atoms with E-state index >= 15 is 0 Å². The average Bonchev–Trinajstić information content (AvgIpc) is 2.78. The molecular weight excluding hydrogens is 489 g/mol. The van der Waals surface area contributed by atoms with Gasteiger partial charge in [0.25, 0.3) is 0 Å². The molecular formula is C26H25Cl2N3O2S. The predicted octanol–water partition coefficient (Wildman–Crippen LogP) is 5.67. The van der Waals surface area contributed by atoms with Gasteiger partial charge in [0.2, 0.25) is 10.0 Å². The number of benzene rings is 3. The van der Waals surface area contributed by atoms with Crippen molar-refractivity contribution in [2.75, 3.05) is 35.5 Å². The van der Waals surface area contributed by atoms with Crippen molar-refractivity contribution in [3.8, 4) is 0 Å². The fourth-order valence-electron chi connectivity index (χ4n) is 4.77. The van der Waals surface area contributed by atoms with Crippen molar-refractivity contribution in [3.05, 3.63) is 99.5 Å². The van der Waals surface area contributed by atoms with Crippen molar-refractivity contribution < 1.29 is 8.42 Å². The first-order chi connectivity index (χ1) is 16.3. The van der Waals surface area contributed by atoms with Crippen LogP contribution >= 0.6 is 23.2 Å². The van der Waals surface area contributed by atoms with Gasteiger partial charge >= 0.3 is 0 Å². The summed E-state index contributed by atoms with van der Waals surface area (Å²) in [6.45, 7) is 1.98. The molecule has 3 aromatic rings. The molecule has 0 aromatic heterocycles. The third kappa shape index (κ3) is 4.68. The molecule has 1 N–H and O–H groups in total. The minimum atomic E-state index is -3.47. The minimum absolute atomic E-state index is 0.0251. The number of anilines is 2. The minimum Gasteiger partial charge on any atom is -0.381 e. The monoisotopic (exact) mass is 513 g/mol. The second-order valence-electron chi connectivity index (χ2n) is 8.73. The second-order valence-corrected chi connectivity index (χ2v) is 11.5. The number of nitrogens with zero attached hydrogens (tertiary/aromatic N) is 2. The van der Waals surface area contributed by atoms with E-state index in [2.05, 4.69) is 10.2 Å². The first-order valence-corrected chi connectivity index (χ1v) is 13.7. The van der Waals surface area contributed by atoms with Gasteiger partial charge in [-0.05, 0) is 59.2 Å². The Morgan fingerprint density at radius 3 is 2.09 bits per heavy atom. The second kappa shape index (κ2) is 9.27. The van der Waals surface area contributed by atoms with E-state index in [4.69, 9.17) is 23.2 Å².